The SMILES string of the molecule is COc1cccc(N2CCN(CC(=O)N[C@@H](C)c3ccccc3)CC2)c1. The van der Waals surface area contributed by atoms with E-state index in [0.717, 1.165) is 37.5 Å². The first kappa shape index (κ1) is 18.3. The number of hydrogen-bond acceptors (Lipinski definition) is 4. The number of carbonyl (C=O) groups is 1. The first-order chi connectivity index (χ1) is 12.7. The first-order valence-electron chi connectivity index (χ1n) is 9.11. The van der Waals surface area contributed by atoms with E-state index < -0.39 is 0 Å². The lowest BCUT2D eigenvalue weighted by atomic mass is 10.1. The molecule has 0 spiro atoms. The van der Waals surface area contributed by atoms with Crippen molar-refractivity contribution >= 4 is 11.6 Å². The quantitative estimate of drug-likeness (QED) is 0.867. The van der Waals surface area contributed by atoms with Gasteiger partial charge in [0.2, 0.25) is 5.91 Å². The van der Waals surface area contributed by atoms with Gasteiger partial charge < -0.3 is 15.0 Å². The highest BCUT2D eigenvalue weighted by molar-refractivity contribution is 5.78. The van der Waals surface area contributed by atoms with Crippen LogP contribution in [0.3, 0.4) is 0 Å². The molecule has 1 atom stereocenters. The molecule has 1 fully saturated rings. The maximum absolute atomic E-state index is 12.3. The maximum atomic E-state index is 12.3. The van der Waals surface area contributed by atoms with Crippen molar-refractivity contribution in [2.45, 2.75) is 13.0 Å². The number of hydrogen-bond donors (Lipinski definition) is 1. The molecule has 1 aliphatic heterocycles. The second-order valence-electron chi connectivity index (χ2n) is 6.66. The smallest absolute Gasteiger partial charge is 0.234 e. The summed E-state index contributed by atoms with van der Waals surface area (Å²) in [7, 11) is 1.69. The van der Waals surface area contributed by atoms with Gasteiger partial charge in [0.25, 0.3) is 0 Å². The van der Waals surface area contributed by atoms with Crippen molar-refractivity contribution in [1.82, 2.24) is 10.2 Å². The molecule has 1 amide bonds. The number of nitrogens with one attached hydrogen (secondary N) is 1. The molecule has 0 unspecified atom stereocenters. The van der Waals surface area contributed by atoms with E-state index in [1.165, 1.54) is 5.69 Å². The summed E-state index contributed by atoms with van der Waals surface area (Å²) in [6, 6.07) is 18.2. The van der Waals surface area contributed by atoms with Gasteiger partial charge in [-0.3, -0.25) is 9.69 Å². The highest BCUT2D eigenvalue weighted by Crippen LogP contribution is 2.22. The van der Waals surface area contributed by atoms with Gasteiger partial charge in [0, 0.05) is 37.9 Å². The minimum absolute atomic E-state index is 0.0294. The van der Waals surface area contributed by atoms with Crippen LogP contribution in [0.25, 0.3) is 0 Å². The van der Waals surface area contributed by atoms with E-state index in [1.807, 2.05) is 49.4 Å². The minimum atomic E-state index is 0.0294. The number of amides is 1. The van der Waals surface area contributed by atoms with Crippen LogP contribution in [0.5, 0.6) is 5.75 Å². The Hall–Kier alpha value is -2.53. The molecule has 1 saturated heterocycles. The Bertz CT molecular complexity index is 712. The van der Waals surface area contributed by atoms with Gasteiger partial charge >= 0.3 is 0 Å². The Balaban J connectivity index is 1.47. The summed E-state index contributed by atoms with van der Waals surface area (Å²) in [6.45, 7) is 6.05. The Labute approximate surface area is 155 Å². The van der Waals surface area contributed by atoms with Gasteiger partial charge in [-0.1, -0.05) is 36.4 Å². The van der Waals surface area contributed by atoms with Crippen molar-refractivity contribution in [1.29, 1.82) is 0 Å². The lowest BCUT2D eigenvalue weighted by molar-refractivity contribution is -0.123. The van der Waals surface area contributed by atoms with Crippen molar-refractivity contribution in [2.24, 2.45) is 0 Å². The number of ether oxygens (including phenoxy) is 1. The second-order valence-corrected chi connectivity index (χ2v) is 6.66. The highest BCUT2D eigenvalue weighted by Gasteiger charge is 2.20. The second kappa shape index (κ2) is 8.72. The highest BCUT2D eigenvalue weighted by atomic mass is 16.5. The molecule has 0 aromatic heterocycles. The summed E-state index contributed by atoms with van der Waals surface area (Å²) in [6.07, 6.45) is 0. The molecule has 0 saturated carbocycles. The Morgan fingerprint density at radius 3 is 2.50 bits per heavy atom. The number of benzene rings is 2. The van der Waals surface area contributed by atoms with Crippen LogP contribution in [-0.2, 0) is 4.79 Å². The molecular formula is C21H27N3O2. The molecule has 5 nitrogen and oxygen atoms in total. The summed E-state index contributed by atoms with van der Waals surface area (Å²) >= 11 is 0. The van der Waals surface area contributed by atoms with Crippen molar-refractivity contribution in [3.05, 3.63) is 60.2 Å². The molecule has 3 rings (SSSR count). The molecule has 26 heavy (non-hydrogen) atoms. The van der Waals surface area contributed by atoms with E-state index in [9.17, 15) is 4.79 Å². The standard InChI is InChI=1S/C21H27N3O2/c1-17(18-7-4-3-5-8-18)22-21(25)16-23-11-13-24(14-12-23)19-9-6-10-20(15-19)26-2/h3-10,15,17H,11-14,16H2,1-2H3,(H,22,25)/t17-/m0/s1. The van der Waals surface area contributed by atoms with Crippen LogP contribution < -0.4 is 15.0 Å². The van der Waals surface area contributed by atoms with Gasteiger partial charge in [-0.15, -0.1) is 0 Å². The molecule has 0 radical (unpaired) electrons. The van der Waals surface area contributed by atoms with E-state index in [1.54, 1.807) is 7.11 Å². The monoisotopic (exact) mass is 353 g/mol. The van der Waals surface area contributed by atoms with Crippen molar-refractivity contribution in [3.63, 3.8) is 0 Å². The van der Waals surface area contributed by atoms with Gasteiger partial charge in [0.1, 0.15) is 5.75 Å². The third-order valence-electron chi connectivity index (χ3n) is 4.84. The zero-order valence-electron chi connectivity index (χ0n) is 15.5. The molecule has 1 aliphatic rings. The third kappa shape index (κ3) is 4.76. The van der Waals surface area contributed by atoms with E-state index in [4.69, 9.17) is 4.74 Å². The number of anilines is 1. The van der Waals surface area contributed by atoms with E-state index in [0.29, 0.717) is 6.54 Å². The lowest BCUT2D eigenvalue weighted by Crippen LogP contribution is -2.49. The number of carbonyl (C=O) groups excluding carboxylic acids is 1. The summed E-state index contributed by atoms with van der Waals surface area (Å²) in [5.74, 6) is 0.954. The van der Waals surface area contributed by atoms with Crippen molar-refractivity contribution in [2.75, 3.05) is 44.7 Å². The predicted octanol–water partition coefficient (Wildman–Crippen LogP) is 2.69. The van der Waals surface area contributed by atoms with Crippen LogP contribution in [-0.4, -0.2) is 50.6 Å². The van der Waals surface area contributed by atoms with Crippen molar-refractivity contribution < 1.29 is 9.53 Å². The number of methoxy groups -OCH3 is 1. The molecule has 1 N–H and O–H groups in total. The molecule has 0 aliphatic carbocycles. The van der Waals surface area contributed by atoms with Crippen LogP contribution in [0.4, 0.5) is 5.69 Å². The molecule has 0 bridgehead atoms. The van der Waals surface area contributed by atoms with Gasteiger partial charge in [0.15, 0.2) is 0 Å². The molecule has 5 heteroatoms. The topological polar surface area (TPSA) is 44.8 Å². The Morgan fingerprint density at radius 2 is 1.81 bits per heavy atom. The molecule has 138 valence electrons. The lowest BCUT2D eigenvalue weighted by Gasteiger charge is -2.36. The van der Waals surface area contributed by atoms with Gasteiger partial charge in [-0.05, 0) is 24.6 Å². The normalized spacial score (nSPS) is 16.2. The third-order valence-corrected chi connectivity index (χ3v) is 4.84. The summed E-state index contributed by atoms with van der Waals surface area (Å²) in [5, 5.41) is 3.09. The molecule has 2 aromatic carbocycles. The predicted molar refractivity (Wildman–Crippen MR) is 105 cm³/mol. The molecule has 2 aromatic rings. The fourth-order valence-electron chi connectivity index (χ4n) is 3.29. The van der Waals surface area contributed by atoms with E-state index in [-0.39, 0.29) is 11.9 Å². The average molecular weight is 353 g/mol. The largest absolute Gasteiger partial charge is 0.497 e. The minimum Gasteiger partial charge on any atom is -0.497 e. The zero-order chi connectivity index (χ0) is 18.4. The number of rotatable bonds is 6. The van der Waals surface area contributed by atoms with Crippen LogP contribution in [0, 0.1) is 0 Å². The maximum Gasteiger partial charge on any atom is 0.234 e. The first-order valence-corrected chi connectivity index (χ1v) is 9.11. The van der Waals surface area contributed by atoms with Gasteiger partial charge in [-0.25, -0.2) is 0 Å². The fraction of sp³-hybridized carbons (Fsp3) is 0.381. The summed E-state index contributed by atoms with van der Waals surface area (Å²) in [5.41, 5.74) is 2.30. The van der Waals surface area contributed by atoms with Crippen LogP contribution >= 0.6 is 0 Å². The van der Waals surface area contributed by atoms with Crippen LogP contribution in [0.15, 0.2) is 54.6 Å². The Morgan fingerprint density at radius 1 is 1.08 bits per heavy atom. The average Bonchev–Trinajstić information content (AvgIpc) is 2.69. The number of piperazine rings is 1. The summed E-state index contributed by atoms with van der Waals surface area (Å²) < 4.78 is 5.30. The fourth-order valence-corrected chi connectivity index (χ4v) is 3.29. The van der Waals surface area contributed by atoms with Gasteiger partial charge in [0.05, 0.1) is 19.7 Å². The molecular weight excluding hydrogens is 326 g/mol. The van der Waals surface area contributed by atoms with E-state index >= 15 is 0 Å². The zero-order valence-corrected chi connectivity index (χ0v) is 15.5. The van der Waals surface area contributed by atoms with Crippen LogP contribution in [0.1, 0.15) is 18.5 Å². The van der Waals surface area contributed by atoms with Crippen molar-refractivity contribution in [3.8, 4) is 5.75 Å². The van der Waals surface area contributed by atoms with Gasteiger partial charge in [-0.2, -0.15) is 0 Å². The Kier molecular flexibility index (Phi) is 6.12. The molecule has 1 heterocycles. The van der Waals surface area contributed by atoms with Crippen LogP contribution in [0.2, 0.25) is 0 Å². The number of nitrogens with zero attached hydrogens (tertiary/aromatic N) is 2. The van der Waals surface area contributed by atoms with E-state index in [2.05, 4.69) is 27.2 Å². The summed E-state index contributed by atoms with van der Waals surface area (Å²) in [4.78, 5) is 16.9.